The van der Waals surface area contributed by atoms with Crippen molar-refractivity contribution in [3.05, 3.63) is 65.2 Å². The molecule has 1 N–H and O–H groups in total. The first-order valence-electron chi connectivity index (χ1n) is 8.82. The first kappa shape index (κ1) is 18.0. The molecule has 5 nitrogen and oxygen atoms in total. The van der Waals surface area contributed by atoms with Crippen LogP contribution in [0.15, 0.2) is 48.5 Å². The van der Waals surface area contributed by atoms with Crippen LogP contribution in [0.3, 0.4) is 0 Å². The molecular formula is C21H23NO4. The maximum absolute atomic E-state index is 13.0. The number of rotatable bonds is 5. The van der Waals surface area contributed by atoms with E-state index in [0.29, 0.717) is 18.7 Å². The fraction of sp³-hybridized carbons (Fsp3) is 0.333. The van der Waals surface area contributed by atoms with Gasteiger partial charge in [-0.3, -0.25) is 9.59 Å². The highest BCUT2D eigenvalue weighted by atomic mass is 16.5. The molecule has 0 saturated heterocycles. The monoisotopic (exact) mass is 353 g/mol. The summed E-state index contributed by atoms with van der Waals surface area (Å²) in [5, 5.41) is 9.58. The average molecular weight is 353 g/mol. The number of benzene rings is 2. The molecule has 1 amide bonds. The van der Waals surface area contributed by atoms with Crippen molar-refractivity contribution < 1.29 is 19.4 Å². The van der Waals surface area contributed by atoms with Gasteiger partial charge >= 0.3 is 5.97 Å². The van der Waals surface area contributed by atoms with Crippen LogP contribution in [0.4, 0.5) is 0 Å². The first-order valence-corrected chi connectivity index (χ1v) is 8.82. The molecule has 26 heavy (non-hydrogen) atoms. The lowest BCUT2D eigenvalue weighted by Gasteiger charge is -2.34. The minimum absolute atomic E-state index is 0.166. The number of aliphatic carboxylic acids is 1. The lowest BCUT2D eigenvalue weighted by molar-refractivity contribution is -0.144. The lowest BCUT2D eigenvalue weighted by Crippen LogP contribution is -2.46. The Bertz CT molecular complexity index is 817. The fourth-order valence-electron chi connectivity index (χ4n) is 3.35. The average Bonchev–Trinajstić information content (AvgIpc) is 2.64. The molecule has 2 aromatic carbocycles. The predicted molar refractivity (Wildman–Crippen MR) is 98.1 cm³/mol. The second-order valence-corrected chi connectivity index (χ2v) is 6.64. The van der Waals surface area contributed by atoms with Crippen LogP contribution in [-0.4, -0.2) is 34.5 Å². The van der Waals surface area contributed by atoms with Crippen molar-refractivity contribution in [2.45, 2.75) is 38.8 Å². The third-order valence-electron chi connectivity index (χ3n) is 4.72. The molecule has 1 heterocycles. The number of fused-ring (bicyclic) bond motifs is 1. The van der Waals surface area contributed by atoms with Crippen LogP contribution in [0.2, 0.25) is 0 Å². The molecule has 0 aliphatic carbocycles. The lowest BCUT2D eigenvalue weighted by atomic mass is 9.89. The van der Waals surface area contributed by atoms with Crippen molar-refractivity contribution in [1.29, 1.82) is 0 Å². The van der Waals surface area contributed by atoms with Gasteiger partial charge in [-0.1, -0.05) is 43.3 Å². The van der Waals surface area contributed by atoms with Gasteiger partial charge in [-0.25, -0.2) is 0 Å². The number of carbonyl (C=O) groups is 2. The molecule has 2 aromatic rings. The molecule has 0 aromatic heterocycles. The van der Waals surface area contributed by atoms with Crippen LogP contribution < -0.4 is 4.74 Å². The standard InChI is InChI=1S/C21H23NO4/c1-3-19(26-16-9-6-7-14(2)11-16)20(23)22-12-15-8-4-5-10-17(15)18(13-22)21(24)25/h4-11,18-19H,3,12-13H2,1-2H3,(H,24,25). The highest BCUT2D eigenvalue weighted by Crippen LogP contribution is 2.29. The summed E-state index contributed by atoms with van der Waals surface area (Å²) in [6.45, 7) is 4.44. The number of carbonyl (C=O) groups excluding carboxylic acids is 1. The maximum Gasteiger partial charge on any atom is 0.312 e. The number of nitrogens with zero attached hydrogens (tertiary/aromatic N) is 1. The Balaban J connectivity index is 1.81. The SMILES string of the molecule is CCC(Oc1cccc(C)c1)C(=O)N1Cc2ccccc2C(C(=O)O)C1. The minimum atomic E-state index is -0.914. The molecule has 0 fully saturated rings. The molecule has 0 bridgehead atoms. The summed E-state index contributed by atoms with van der Waals surface area (Å²) in [5.74, 6) is -1.14. The Kier molecular flexibility index (Phi) is 5.26. The van der Waals surface area contributed by atoms with E-state index in [2.05, 4.69) is 0 Å². The third-order valence-corrected chi connectivity index (χ3v) is 4.72. The summed E-state index contributed by atoms with van der Waals surface area (Å²) < 4.78 is 5.90. The normalized spacial score (nSPS) is 17.3. The van der Waals surface area contributed by atoms with Crippen LogP contribution in [0.25, 0.3) is 0 Å². The molecule has 5 heteroatoms. The first-order chi connectivity index (χ1) is 12.5. The van der Waals surface area contributed by atoms with Gasteiger partial charge in [0.15, 0.2) is 6.10 Å². The number of ether oxygens (including phenoxy) is 1. The molecular weight excluding hydrogens is 330 g/mol. The predicted octanol–water partition coefficient (Wildman–Crippen LogP) is 3.36. The van der Waals surface area contributed by atoms with Crippen molar-refractivity contribution in [2.24, 2.45) is 0 Å². The number of carboxylic acids is 1. The van der Waals surface area contributed by atoms with Crippen LogP contribution in [0.5, 0.6) is 5.75 Å². The van der Waals surface area contributed by atoms with E-state index in [-0.39, 0.29) is 12.5 Å². The van der Waals surface area contributed by atoms with Gasteiger partial charge in [-0.05, 0) is 42.2 Å². The Labute approximate surface area is 153 Å². The van der Waals surface area contributed by atoms with Crippen molar-refractivity contribution >= 4 is 11.9 Å². The second kappa shape index (κ2) is 7.60. The Morgan fingerprint density at radius 3 is 2.69 bits per heavy atom. The Morgan fingerprint density at radius 2 is 2.00 bits per heavy atom. The number of hydrogen-bond donors (Lipinski definition) is 1. The van der Waals surface area contributed by atoms with E-state index in [1.807, 2.05) is 62.4 Å². The van der Waals surface area contributed by atoms with Gasteiger partial charge in [0.2, 0.25) is 0 Å². The Hall–Kier alpha value is -2.82. The molecule has 2 unspecified atom stereocenters. The van der Waals surface area contributed by atoms with E-state index < -0.39 is 18.0 Å². The van der Waals surface area contributed by atoms with E-state index in [9.17, 15) is 14.7 Å². The molecule has 0 spiro atoms. The van der Waals surface area contributed by atoms with Gasteiger partial charge < -0.3 is 14.7 Å². The van der Waals surface area contributed by atoms with Gasteiger partial charge in [-0.2, -0.15) is 0 Å². The van der Waals surface area contributed by atoms with Gasteiger partial charge in [0.05, 0.1) is 5.92 Å². The largest absolute Gasteiger partial charge is 0.481 e. The summed E-state index contributed by atoms with van der Waals surface area (Å²) >= 11 is 0. The van der Waals surface area contributed by atoms with E-state index in [4.69, 9.17) is 4.74 Å². The highest BCUT2D eigenvalue weighted by molar-refractivity contribution is 5.84. The number of amides is 1. The quantitative estimate of drug-likeness (QED) is 0.895. The van der Waals surface area contributed by atoms with E-state index in [1.165, 1.54) is 0 Å². The zero-order valence-electron chi connectivity index (χ0n) is 15.0. The number of hydrogen-bond acceptors (Lipinski definition) is 3. The van der Waals surface area contributed by atoms with Gasteiger partial charge in [-0.15, -0.1) is 0 Å². The van der Waals surface area contributed by atoms with Crippen molar-refractivity contribution in [2.75, 3.05) is 6.54 Å². The van der Waals surface area contributed by atoms with Gasteiger partial charge in [0.25, 0.3) is 5.91 Å². The summed E-state index contributed by atoms with van der Waals surface area (Å²) in [6.07, 6.45) is -0.112. The van der Waals surface area contributed by atoms with Crippen LogP contribution in [0, 0.1) is 6.92 Å². The summed E-state index contributed by atoms with van der Waals surface area (Å²) in [4.78, 5) is 26.3. The highest BCUT2D eigenvalue weighted by Gasteiger charge is 2.35. The molecule has 3 rings (SSSR count). The molecule has 2 atom stereocenters. The van der Waals surface area contributed by atoms with Crippen molar-refractivity contribution in [3.63, 3.8) is 0 Å². The molecule has 1 aliphatic rings. The van der Waals surface area contributed by atoms with E-state index in [1.54, 1.807) is 4.90 Å². The van der Waals surface area contributed by atoms with Gasteiger partial charge in [0, 0.05) is 13.1 Å². The zero-order chi connectivity index (χ0) is 18.7. The third kappa shape index (κ3) is 3.72. The van der Waals surface area contributed by atoms with E-state index >= 15 is 0 Å². The molecule has 0 saturated carbocycles. The fourth-order valence-corrected chi connectivity index (χ4v) is 3.35. The molecule has 136 valence electrons. The van der Waals surface area contributed by atoms with Crippen molar-refractivity contribution in [1.82, 2.24) is 4.90 Å². The number of aryl methyl sites for hydroxylation is 1. The van der Waals surface area contributed by atoms with E-state index in [0.717, 1.165) is 16.7 Å². The molecule has 1 aliphatic heterocycles. The summed E-state index contributed by atoms with van der Waals surface area (Å²) in [5.41, 5.74) is 2.73. The minimum Gasteiger partial charge on any atom is -0.481 e. The zero-order valence-corrected chi connectivity index (χ0v) is 15.0. The number of carboxylic acid groups (broad SMARTS) is 1. The van der Waals surface area contributed by atoms with Crippen LogP contribution in [-0.2, 0) is 16.1 Å². The summed E-state index contributed by atoms with van der Waals surface area (Å²) in [7, 11) is 0. The Morgan fingerprint density at radius 1 is 1.23 bits per heavy atom. The van der Waals surface area contributed by atoms with Crippen LogP contribution >= 0.6 is 0 Å². The van der Waals surface area contributed by atoms with Crippen LogP contribution in [0.1, 0.15) is 36.0 Å². The maximum atomic E-state index is 13.0. The smallest absolute Gasteiger partial charge is 0.312 e. The topological polar surface area (TPSA) is 66.8 Å². The summed E-state index contributed by atoms with van der Waals surface area (Å²) in [6, 6.07) is 15.0. The molecule has 0 radical (unpaired) electrons. The van der Waals surface area contributed by atoms with Crippen molar-refractivity contribution in [3.8, 4) is 5.75 Å². The van der Waals surface area contributed by atoms with Gasteiger partial charge in [0.1, 0.15) is 5.75 Å². The second-order valence-electron chi connectivity index (χ2n) is 6.64.